The molecule has 6 rings (SSSR count). The first-order valence-corrected chi connectivity index (χ1v) is 14.3. The predicted octanol–water partition coefficient (Wildman–Crippen LogP) is 9.65. The number of alkyl halides is 3. The smallest absolute Gasteiger partial charge is 0.423 e. The largest absolute Gasteiger partial charge is 0.478 e. The van der Waals surface area contributed by atoms with Crippen molar-refractivity contribution in [1.29, 1.82) is 0 Å². The van der Waals surface area contributed by atoms with Crippen LogP contribution in [0.1, 0.15) is 53.0 Å². The van der Waals surface area contributed by atoms with Crippen molar-refractivity contribution in [2.24, 2.45) is 0 Å². The first-order valence-electron chi connectivity index (χ1n) is 14.3. The summed E-state index contributed by atoms with van der Waals surface area (Å²) >= 11 is 0. The molecule has 216 valence electrons. The zero-order valence-corrected chi connectivity index (χ0v) is 23.3. The second kappa shape index (κ2) is 11.8. The van der Waals surface area contributed by atoms with E-state index in [4.69, 9.17) is 5.11 Å². The number of rotatable bonds is 7. The van der Waals surface area contributed by atoms with Crippen LogP contribution < -0.4 is 4.90 Å². The minimum atomic E-state index is -4.92. The first kappa shape index (κ1) is 28.3. The number of anilines is 2. The quantitative estimate of drug-likeness (QED) is 0.135. The van der Waals surface area contributed by atoms with E-state index in [2.05, 4.69) is 59.5 Å². The molecule has 1 heterocycles. The highest BCUT2D eigenvalue weighted by atomic mass is 19.4. The maximum absolute atomic E-state index is 13.0. The lowest BCUT2D eigenvalue weighted by molar-refractivity contribution is -0.144. The Morgan fingerprint density at radius 2 is 1.44 bits per heavy atom. The molecule has 43 heavy (non-hydrogen) atoms. The monoisotopic (exact) mass is 577 g/mol. The molecule has 0 bridgehead atoms. The minimum absolute atomic E-state index is 0.323. The summed E-state index contributed by atoms with van der Waals surface area (Å²) in [4.78, 5) is 13.4. The molecule has 0 radical (unpaired) electrons. The fourth-order valence-electron chi connectivity index (χ4n) is 6.32. The van der Waals surface area contributed by atoms with Crippen LogP contribution in [-0.4, -0.2) is 23.3 Å². The second-order valence-corrected chi connectivity index (χ2v) is 10.9. The summed E-state index contributed by atoms with van der Waals surface area (Å²) in [7, 11) is 0. The third-order valence-corrected chi connectivity index (χ3v) is 8.26. The molecular formula is C37H30F3NO2. The van der Waals surface area contributed by atoms with Gasteiger partial charge in [-0.25, -0.2) is 4.79 Å². The van der Waals surface area contributed by atoms with E-state index in [1.165, 1.54) is 11.6 Å². The van der Waals surface area contributed by atoms with Crippen LogP contribution >= 0.6 is 0 Å². The molecule has 4 aromatic rings. The van der Waals surface area contributed by atoms with Crippen molar-refractivity contribution < 1.29 is 23.1 Å². The van der Waals surface area contributed by atoms with Gasteiger partial charge in [0, 0.05) is 23.3 Å². The van der Waals surface area contributed by atoms with Gasteiger partial charge in [-0.3, -0.25) is 0 Å². The van der Waals surface area contributed by atoms with Gasteiger partial charge in [-0.1, -0.05) is 97.4 Å². The molecule has 1 N–H and O–H groups in total. The van der Waals surface area contributed by atoms with Gasteiger partial charge in [0.25, 0.3) is 0 Å². The van der Waals surface area contributed by atoms with E-state index in [0.717, 1.165) is 64.5 Å². The number of hydrogen-bond acceptors (Lipinski definition) is 2. The zero-order chi connectivity index (χ0) is 30.0. The maximum atomic E-state index is 13.0. The van der Waals surface area contributed by atoms with E-state index in [1.54, 1.807) is 0 Å². The number of aliphatic carboxylic acids is 1. The number of carboxylic acid groups (broad SMARTS) is 1. The van der Waals surface area contributed by atoms with Crippen molar-refractivity contribution in [2.75, 3.05) is 4.90 Å². The fourth-order valence-corrected chi connectivity index (χ4v) is 6.32. The summed E-state index contributed by atoms with van der Waals surface area (Å²) in [5.41, 5.74) is 7.10. The van der Waals surface area contributed by atoms with Crippen LogP contribution in [0.15, 0.2) is 121 Å². The van der Waals surface area contributed by atoms with Gasteiger partial charge < -0.3 is 10.0 Å². The molecule has 1 aliphatic heterocycles. The zero-order valence-electron chi connectivity index (χ0n) is 23.3. The Balaban J connectivity index is 1.30. The van der Waals surface area contributed by atoms with Gasteiger partial charge in [0.15, 0.2) is 0 Å². The average molecular weight is 578 g/mol. The molecule has 4 aromatic carbocycles. The summed E-state index contributed by atoms with van der Waals surface area (Å²) in [6, 6.07) is 35.6. The fraction of sp³-hybridized carbons (Fsp3) is 0.162. The maximum Gasteiger partial charge on any atom is 0.423 e. The summed E-state index contributed by atoms with van der Waals surface area (Å²) in [6.45, 7) is 0. The lowest BCUT2D eigenvalue weighted by atomic mass is 9.95. The number of carbonyl (C=O) groups is 1. The van der Waals surface area contributed by atoms with Crippen LogP contribution in [0.5, 0.6) is 0 Å². The van der Waals surface area contributed by atoms with Crippen molar-refractivity contribution >= 4 is 35.1 Å². The Labute approximate surface area is 248 Å². The Morgan fingerprint density at radius 1 is 0.814 bits per heavy atom. The summed E-state index contributed by atoms with van der Waals surface area (Å²) < 4.78 is 38.9. The molecule has 0 spiro atoms. The summed E-state index contributed by atoms with van der Waals surface area (Å²) in [5.74, 6) is -1.65. The molecule has 2 aliphatic rings. The predicted molar refractivity (Wildman–Crippen MR) is 166 cm³/mol. The molecule has 2 unspecified atom stereocenters. The molecule has 1 aliphatic carbocycles. The highest BCUT2D eigenvalue weighted by Gasteiger charge is 2.42. The lowest BCUT2D eigenvalue weighted by Crippen LogP contribution is -2.26. The van der Waals surface area contributed by atoms with Crippen molar-refractivity contribution in [3.8, 4) is 0 Å². The Morgan fingerprint density at radius 3 is 2.05 bits per heavy atom. The van der Waals surface area contributed by atoms with E-state index in [-0.39, 0.29) is 0 Å². The number of allylic oxidation sites excluding steroid dienone is 2. The molecule has 0 amide bonds. The van der Waals surface area contributed by atoms with Gasteiger partial charge in [-0.2, -0.15) is 13.2 Å². The minimum Gasteiger partial charge on any atom is -0.478 e. The van der Waals surface area contributed by atoms with Gasteiger partial charge in [-0.15, -0.1) is 0 Å². The number of nitrogens with zero attached hydrogens (tertiary/aromatic N) is 1. The van der Waals surface area contributed by atoms with Crippen LogP contribution in [0.2, 0.25) is 0 Å². The standard InChI is InChI=1S/C37H30F3NO2/c38-37(39,40)33(36(42)43)15-7-9-25-19-22-35-32(24-25)30-14-8-16-34(30)41(35)29-20-17-26(18-21-29)23-31(27-10-3-1-4-11-27)28-12-5-2-6-13-28/h1-7,9-13,15,17-24,30,34H,8,14,16H2,(H,42,43)/b9-7+,33-15-. The van der Waals surface area contributed by atoms with Gasteiger partial charge >= 0.3 is 12.1 Å². The molecule has 1 fully saturated rings. The Hall–Kier alpha value is -4.84. The van der Waals surface area contributed by atoms with Crippen molar-refractivity contribution in [3.63, 3.8) is 0 Å². The number of halogens is 3. The second-order valence-electron chi connectivity index (χ2n) is 10.9. The van der Waals surface area contributed by atoms with Gasteiger partial charge in [0.2, 0.25) is 0 Å². The van der Waals surface area contributed by atoms with Crippen LogP contribution in [0.25, 0.3) is 17.7 Å². The van der Waals surface area contributed by atoms with Crippen molar-refractivity contribution in [1.82, 2.24) is 0 Å². The van der Waals surface area contributed by atoms with Crippen LogP contribution in [0.4, 0.5) is 24.5 Å². The Kier molecular flexibility index (Phi) is 7.76. The van der Waals surface area contributed by atoms with Crippen LogP contribution in [0.3, 0.4) is 0 Å². The summed E-state index contributed by atoms with van der Waals surface area (Å²) in [5, 5.41) is 8.91. The number of hydrogen-bond donors (Lipinski definition) is 1. The van der Waals surface area contributed by atoms with Crippen LogP contribution in [0, 0.1) is 0 Å². The average Bonchev–Trinajstić information content (AvgIpc) is 3.60. The molecule has 0 aromatic heterocycles. The topological polar surface area (TPSA) is 40.5 Å². The van der Waals surface area contributed by atoms with E-state index >= 15 is 0 Å². The first-order chi connectivity index (χ1) is 20.8. The molecule has 0 saturated heterocycles. The molecule has 1 saturated carbocycles. The lowest BCUT2D eigenvalue weighted by Gasteiger charge is -2.27. The highest BCUT2D eigenvalue weighted by Crippen LogP contribution is 2.52. The van der Waals surface area contributed by atoms with Gasteiger partial charge in [-0.05, 0) is 82.6 Å². The number of fused-ring (bicyclic) bond motifs is 3. The summed E-state index contributed by atoms with van der Waals surface area (Å²) in [6.07, 6.45) is 3.82. The molecular weight excluding hydrogens is 547 g/mol. The van der Waals surface area contributed by atoms with E-state index < -0.39 is 17.7 Å². The molecule has 2 atom stereocenters. The number of carboxylic acids is 1. The van der Waals surface area contributed by atoms with E-state index in [0.29, 0.717) is 18.0 Å². The van der Waals surface area contributed by atoms with E-state index in [9.17, 15) is 18.0 Å². The van der Waals surface area contributed by atoms with Crippen LogP contribution in [-0.2, 0) is 4.79 Å². The third-order valence-electron chi connectivity index (χ3n) is 8.26. The highest BCUT2D eigenvalue weighted by molar-refractivity contribution is 5.92. The molecule has 6 heteroatoms. The van der Waals surface area contributed by atoms with Gasteiger partial charge in [0.1, 0.15) is 5.57 Å². The Bertz CT molecular complexity index is 1660. The normalized spacial score (nSPS) is 18.0. The molecule has 3 nitrogen and oxygen atoms in total. The van der Waals surface area contributed by atoms with Crippen molar-refractivity contribution in [3.05, 3.63) is 149 Å². The third kappa shape index (κ3) is 5.91. The van der Waals surface area contributed by atoms with Crippen molar-refractivity contribution in [2.45, 2.75) is 37.4 Å². The van der Waals surface area contributed by atoms with Gasteiger partial charge in [0.05, 0.1) is 0 Å². The SMILES string of the molecule is O=C(O)/C(=C/C=C/c1ccc2c(c1)C1CCCC1N2c1ccc(C=C(c2ccccc2)c2ccccc2)cc1)C(F)(F)F. The number of benzene rings is 4. The van der Waals surface area contributed by atoms with E-state index in [1.807, 2.05) is 54.6 Å².